The summed E-state index contributed by atoms with van der Waals surface area (Å²) in [5, 5.41) is 18.8. The lowest BCUT2D eigenvalue weighted by Crippen LogP contribution is -2.36. The van der Waals surface area contributed by atoms with E-state index in [1.165, 1.54) is 48.3 Å². The van der Waals surface area contributed by atoms with E-state index in [0.29, 0.717) is 16.9 Å². The van der Waals surface area contributed by atoms with Gasteiger partial charge in [0.05, 0.1) is 31.0 Å². The number of nitrogens with zero attached hydrogens (tertiary/aromatic N) is 2. The lowest BCUT2D eigenvalue weighted by molar-refractivity contribution is -0.125. The van der Waals surface area contributed by atoms with Crippen LogP contribution in [0.15, 0.2) is 48.7 Å². The Hall–Kier alpha value is -4.21. The van der Waals surface area contributed by atoms with Crippen molar-refractivity contribution in [2.75, 3.05) is 17.7 Å². The van der Waals surface area contributed by atoms with Gasteiger partial charge in [0.1, 0.15) is 23.4 Å². The molecule has 0 unspecified atom stereocenters. The summed E-state index contributed by atoms with van der Waals surface area (Å²) < 4.78 is 19.8. The molecule has 158 valence electrons. The van der Waals surface area contributed by atoms with E-state index in [9.17, 15) is 23.9 Å². The molecule has 0 saturated carbocycles. The van der Waals surface area contributed by atoms with E-state index >= 15 is 0 Å². The van der Waals surface area contributed by atoms with E-state index < -0.39 is 23.7 Å². The monoisotopic (exact) mass is 424 g/mol. The number of aromatic nitrogens is 2. The Bertz CT molecular complexity index is 1190. The highest BCUT2D eigenvalue weighted by molar-refractivity contribution is 6.04. The predicted molar refractivity (Wildman–Crippen MR) is 108 cm³/mol. The highest BCUT2D eigenvalue weighted by Gasteiger charge is 2.33. The first-order valence-electron chi connectivity index (χ1n) is 9.23. The summed E-state index contributed by atoms with van der Waals surface area (Å²) in [6.07, 6.45) is 1.32. The Morgan fingerprint density at radius 2 is 2.00 bits per heavy atom. The van der Waals surface area contributed by atoms with Gasteiger partial charge in [-0.3, -0.25) is 9.59 Å². The van der Waals surface area contributed by atoms with Crippen molar-refractivity contribution in [2.24, 2.45) is 0 Å². The summed E-state index contributed by atoms with van der Waals surface area (Å²) in [6, 6.07) is 8.75. The van der Waals surface area contributed by atoms with Crippen LogP contribution in [0.2, 0.25) is 0 Å². The van der Waals surface area contributed by atoms with E-state index in [4.69, 9.17) is 4.74 Å². The minimum Gasteiger partial charge on any atom is -0.495 e. The van der Waals surface area contributed by atoms with Crippen LogP contribution in [0.25, 0.3) is 11.1 Å². The number of methoxy groups -OCH3 is 1. The molecule has 31 heavy (non-hydrogen) atoms. The second-order valence-electron chi connectivity index (χ2n) is 6.84. The first kappa shape index (κ1) is 20.1. The van der Waals surface area contributed by atoms with Crippen LogP contribution in [0, 0.1) is 5.82 Å². The molecule has 4 rings (SSSR count). The molecule has 3 N–H and O–H groups in total. The highest BCUT2D eigenvalue weighted by Crippen LogP contribution is 2.35. The third-order valence-corrected chi connectivity index (χ3v) is 4.89. The predicted octanol–water partition coefficient (Wildman–Crippen LogP) is 2.92. The zero-order chi connectivity index (χ0) is 22.1. The van der Waals surface area contributed by atoms with Gasteiger partial charge in [0.15, 0.2) is 0 Å². The maximum atomic E-state index is 13.3. The van der Waals surface area contributed by atoms with Crippen LogP contribution < -0.4 is 15.4 Å². The summed E-state index contributed by atoms with van der Waals surface area (Å²) in [5.74, 6) is -1.92. The van der Waals surface area contributed by atoms with Gasteiger partial charge in [-0.05, 0) is 35.9 Å². The smallest absolute Gasteiger partial charge is 0.335 e. The number of hydrogen-bond acceptors (Lipinski definition) is 5. The van der Waals surface area contributed by atoms with Gasteiger partial charge < -0.3 is 20.5 Å². The Morgan fingerprint density at radius 1 is 1.26 bits per heavy atom. The molecule has 2 aromatic carbocycles. The molecule has 0 bridgehead atoms. The van der Waals surface area contributed by atoms with Gasteiger partial charge in [-0.15, -0.1) is 0 Å². The molecule has 2 heterocycles. The van der Waals surface area contributed by atoms with Crippen LogP contribution in [0.4, 0.5) is 15.9 Å². The van der Waals surface area contributed by atoms with Crippen LogP contribution in [-0.4, -0.2) is 39.8 Å². The summed E-state index contributed by atoms with van der Waals surface area (Å²) in [4.78, 5) is 36.6. The quantitative estimate of drug-likeness (QED) is 0.579. The van der Waals surface area contributed by atoms with Crippen molar-refractivity contribution in [1.29, 1.82) is 0 Å². The fourth-order valence-corrected chi connectivity index (χ4v) is 3.37. The molecule has 10 heteroatoms. The van der Waals surface area contributed by atoms with Crippen molar-refractivity contribution in [3.63, 3.8) is 0 Å². The number of aromatic carboxylic acids is 1. The van der Waals surface area contributed by atoms with Crippen LogP contribution in [0.5, 0.6) is 5.75 Å². The van der Waals surface area contributed by atoms with Crippen LogP contribution in [-0.2, 0) is 9.59 Å². The number of benzene rings is 2. The Morgan fingerprint density at radius 3 is 2.68 bits per heavy atom. The normalized spacial score (nSPS) is 15.0. The molecule has 1 aliphatic rings. The number of carbonyl (C=O) groups excluding carboxylic acids is 2. The van der Waals surface area contributed by atoms with Crippen LogP contribution in [0.3, 0.4) is 0 Å². The third kappa shape index (κ3) is 3.82. The van der Waals surface area contributed by atoms with Gasteiger partial charge >= 0.3 is 5.97 Å². The van der Waals surface area contributed by atoms with E-state index in [1.807, 2.05) is 0 Å². The first-order chi connectivity index (χ1) is 14.9. The van der Waals surface area contributed by atoms with Crippen molar-refractivity contribution in [3.05, 3.63) is 60.0 Å². The Kier molecular flexibility index (Phi) is 5.12. The first-order valence-corrected chi connectivity index (χ1v) is 9.23. The van der Waals surface area contributed by atoms with Crippen molar-refractivity contribution < 1.29 is 28.6 Å². The molecule has 2 amide bonds. The molecule has 1 atom stereocenters. The summed E-state index contributed by atoms with van der Waals surface area (Å²) in [7, 11) is 1.39. The molecule has 0 spiro atoms. The molecule has 0 saturated heterocycles. The number of rotatable bonds is 5. The number of anilines is 2. The minimum atomic E-state index is -1.16. The molecule has 0 fully saturated rings. The van der Waals surface area contributed by atoms with Gasteiger partial charge in [0.25, 0.3) is 0 Å². The molecule has 3 aromatic rings. The second kappa shape index (κ2) is 7.90. The highest BCUT2D eigenvalue weighted by atomic mass is 19.1. The number of carboxylic acids is 1. The molecule has 9 nitrogen and oxygen atoms in total. The maximum absolute atomic E-state index is 13.3. The largest absolute Gasteiger partial charge is 0.495 e. The molecule has 0 aliphatic carbocycles. The van der Waals surface area contributed by atoms with E-state index in [2.05, 4.69) is 15.7 Å². The molecular weight excluding hydrogens is 407 g/mol. The second-order valence-corrected chi connectivity index (χ2v) is 6.84. The number of carbonyl (C=O) groups is 3. The molecule has 0 radical (unpaired) electrons. The van der Waals surface area contributed by atoms with E-state index in [1.54, 1.807) is 12.1 Å². The van der Waals surface area contributed by atoms with Gasteiger partial charge in [-0.2, -0.15) is 5.10 Å². The van der Waals surface area contributed by atoms with Gasteiger partial charge in [0, 0.05) is 5.56 Å². The van der Waals surface area contributed by atoms with Crippen molar-refractivity contribution in [1.82, 2.24) is 9.78 Å². The summed E-state index contributed by atoms with van der Waals surface area (Å²) >= 11 is 0. The van der Waals surface area contributed by atoms with Crippen molar-refractivity contribution >= 4 is 29.3 Å². The number of fused-ring (bicyclic) bond motifs is 1. The number of ether oxygens (including phenoxy) is 1. The van der Waals surface area contributed by atoms with E-state index in [-0.39, 0.29) is 29.3 Å². The number of hydrogen-bond donors (Lipinski definition) is 3. The standard InChI is InChI=1S/C21H17FN4O5/c1-31-17-7-4-12(21(29)30)8-15(17)24-20(28)16-9-18(27)25-19-14(10-23-26(16)19)11-2-5-13(22)6-3-11/h2-8,10,16H,9H2,1H3,(H,24,28)(H,25,27)(H,29,30)/t16-/m1/s1. The fraction of sp³-hybridized carbons (Fsp3) is 0.143. The van der Waals surface area contributed by atoms with Crippen molar-refractivity contribution in [2.45, 2.75) is 12.5 Å². The van der Waals surface area contributed by atoms with E-state index in [0.717, 1.165) is 0 Å². The van der Waals surface area contributed by atoms with Crippen molar-refractivity contribution in [3.8, 4) is 16.9 Å². The average Bonchev–Trinajstić information content (AvgIpc) is 3.17. The summed E-state index contributed by atoms with van der Waals surface area (Å²) in [5.41, 5.74) is 1.29. The molecule has 1 aliphatic heterocycles. The average molecular weight is 424 g/mol. The molecule has 1 aromatic heterocycles. The Labute approximate surface area is 175 Å². The Balaban J connectivity index is 1.67. The third-order valence-electron chi connectivity index (χ3n) is 4.89. The zero-order valence-corrected chi connectivity index (χ0v) is 16.3. The maximum Gasteiger partial charge on any atom is 0.335 e. The fourth-order valence-electron chi connectivity index (χ4n) is 3.37. The summed E-state index contributed by atoms with van der Waals surface area (Å²) in [6.45, 7) is 0. The topological polar surface area (TPSA) is 123 Å². The van der Waals surface area contributed by atoms with Crippen LogP contribution >= 0.6 is 0 Å². The SMILES string of the molecule is COc1ccc(C(=O)O)cc1NC(=O)[C@H]1CC(=O)Nc2c(-c3ccc(F)cc3)cnn21. The lowest BCUT2D eigenvalue weighted by Gasteiger charge is -2.25. The van der Waals surface area contributed by atoms with Gasteiger partial charge in [0.2, 0.25) is 11.8 Å². The van der Waals surface area contributed by atoms with Crippen LogP contribution in [0.1, 0.15) is 22.8 Å². The lowest BCUT2D eigenvalue weighted by atomic mass is 10.1. The minimum absolute atomic E-state index is 0.0316. The number of amides is 2. The van der Waals surface area contributed by atoms with Gasteiger partial charge in [-0.25, -0.2) is 13.9 Å². The number of carboxylic acid groups (broad SMARTS) is 1. The number of halogens is 1. The molecular formula is C21H17FN4O5. The number of nitrogens with one attached hydrogen (secondary N) is 2. The zero-order valence-electron chi connectivity index (χ0n) is 16.3. The van der Waals surface area contributed by atoms with Gasteiger partial charge in [-0.1, -0.05) is 12.1 Å².